The summed E-state index contributed by atoms with van der Waals surface area (Å²) < 4.78 is 27.3. The molecular weight excluding hydrogens is 268 g/mol. The number of hydrogen-bond donors (Lipinski definition) is 2. The Hall–Kier alpha value is -0.430. The van der Waals surface area contributed by atoms with E-state index in [-0.39, 0.29) is 5.41 Å². The molecule has 0 bridgehead atoms. The molecule has 2 rings (SSSR count). The maximum absolute atomic E-state index is 12.1. The predicted molar refractivity (Wildman–Crippen MR) is 74.5 cm³/mol. The summed E-state index contributed by atoms with van der Waals surface area (Å²) in [4.78, 5) is 1.10. The summed E-state index contributed by atoms with van der Waals surface area (Å²) in [5, 5.41) is 3.06. The van der Waals surface area contributed by atoms with Gasteiger partial charge in [0.2, 0.25) is 10.0 Å². The van der Waals surface area contributed by atoms with E-state index in [1.165, 1.54) is 11.3 Å². The highest BCUT2D eigenvalue weighted by Crippen LogP contribution is 2.44. The molecule has 1 heterocycles. The predicted octanol–water partition coefficient (Wildman–Crippen LogP) is 1.59. The van der Waals surface area contributed by atoms with Crippen molar-refractivity contribution in [1.82, 2.24) is 10.0 Å². The van der Waals surface area contributed by atoms with Gasteiger partial charge in [-0.3, -0.25) is 0 Å². The zero-order chi connectivity index (χ0) is 13.2. The molecular formula is C12H20N2O2S2. The molecule has 1 fully saturated rings. The Morgan fingerprint density at radius 3 is 2.72 bits per heavy atom. The Morgan fingerprint density at radius 2 is 2.11 bits per heavy atom. The van der Waals surface area contributed by atoms with Crippen LogP contribution in [0.1, 0.15) is 24.6 Å². The van der Waals surface area contributed by atoms with Gasteiger partial charge in [0, 0.05) is 11.4 Å². The topological polar surface area (TPSA) is 58.2 Å². The van der Waals surface area contributed by atoms with Crippen molar-refractivity contribution in [3.8, 4) is 0 Å². The van der Waals surface area contributed by atoms with E-state index in [9.17, 15) is 8.42 Å². The normalized spacial score (nSPS) is 17.9. The van der Waals surface area contributed by atoms with Gasteiger partial charge in [-0.25, -0.2) is 13.1 Å². The fourth-order valence-electron chi connectivity index (χ4n) is 1.62. The Labute approximate surface area is 113 Å². The van der Waals surface area contributed by atoms with Crippen LogP contribution in [0.2, 0.25) is 0 Å². The summed E-state index contributed by atoms with van der Waals surface area (Å²) in [5.41, 5.74) is 0.194. The van der Waals surface area contributed by atoms with Gasteiger partial charge in [-0.05, 0) is 50.4 Å². The first kappa shape index (κ1) is 14.0. The molecule has 6 heteroatoms. The molecule has 1 aliphatic carbocycles. The lowest BCUT2D eigenvalue weighted by Gasteiger charge is -2.09. The van der Waals surface area contributed by atoms with E-state index in [0.29, 0.717) is 10.8 Å². The highest BCUT2D eigenvalue weighted by molar-refractivity contribution is 7.91. The maximum atomic E-state index is 12.1. The fraction of sp³-hybridized carbons (Fsp3) is 0.667. The van der Waals surface area contributed by atoms with Crippen LogP contribution in [0, 0.1) is 5.41 Å². The molecule has 0 radical (unpaired) electrons. The van der Waals surface area contributed by atoms with Crippen LogP contribution in [-0.2, 0) is 16.4 Å². The van der Waals surface area contributed by atoms with Crippen molar-refractivity contribution in [2.75, 3.05) is 20.1 Å². The Morgan fingerprint density at radius 1 is 1.39 bits per heavy atom. The Bertz CT molecular complexity index is 504. The van der Waals surface area contributed by atoms with Crippen molar-refractivity contribution in [3.63, 3.8) is 0 Å². The quantitative estimate of drug-likeness (QED) is 0.801. The van der Waals surface area contributed by atoms with Gasteiger partial charge in [0.05, 0.1) is 0 Å². The molecule has 4 nitrogen and oxygen atoms in total. The maximum Gasteiger partial charge on any atom is 0.250 e. The van der Waals surface area contributed by atoms with Crippen LogP contribution in [-0.4, -0.2) is 28.6 Å². The molecule has 0 spiro atoms. The SMILES string of the molecule is CNCCc1ccc(S(=O)(=O)NCC2(C)CC2)s1. The van der Waals surface area contributed by atoms with Crippen LogP contribution in [0.3, 0.4) is 0 Å². The van der Waals surface area contributed by atoms with Crippen molar-refractivity contribution in [2.24, 2.45) is 5.41 Å². The highest BCUT2D eigenvalue weighted by Gasteiger charge is 2.38. The smallest absolute Gasteiger partial charge is 0.250 e. The lowest BCUT2D eigenvalue weighted by atomic mass is 10.2. The van der Waals surface area contributed by atoms with Crippen LogP contribution in [0.5, 0.6) is 0 Å². The molecule has 0 aromatic carbocycles. The summed E-state index contributed by atoms with van der Waals surface area (Å²) in [7, 11) is -1.42. The third kappa shape index (κ3) is 3.54. The lowest BCUT2D eigenvalue weighted by molar-refractivity contribution is 0.531. The zero-order valence-electron chi connectivity index (χ0n) is 10.8. The summed E-state index contributed by atoms with van der Waals surface area (Å²) in [6.07, 6.45) is 3.11. The molecule has 0 amide bonds. The first-order valence-corrected chi connectivity index (χ1v) is 8.48. The van der Waals surface area contributed by atoms with Crippen LogP contribution in [0.25, 0.3) is 0 Å². The highest BCUT2D eigenvalue weighted by atomic mass is 32.2. The van der Waals surface area contributed by atoms with Gasteiger partial charge in [-0.2, -0.15) is 0 Å². The monoisotopic (exact) mass is 288 g/mol. The van der Waals surface area contributed by atoms with Gasteiger partial charge in [0.1, 0.15) is 4.21 Å². The Kier molecular flexibility index (Phi) is 4.11. The van der Waals surface area contributed by atoms with Gasteiger partial charge in [0.15, 0.2) is 0 Å². The zero-order valence-corrected chi connectivity index (χ0v) is 12.5. The summed E-state index contributed by atoms with van der Waals surface area (Å²) in [6.45, 7) is 3.53. The van der Waals surface area contributed by atoms with Crippen molar-refractivity contribution >= 4 is 21.4 Å². The largest absolute Gasteiger partial charge is 0.319 e. The number of hydrogen-bond acceptors (Lipinski definition) is 4. The fourth-order valence-corrected chi connectivity index (χ4v) is 4.22. The molecule has 0 unspecified atom stereocenters. The molecule has 0 aliphatic heterocycles. The molecule has 1 aliphatic rings. The van der Waals surface area contributed by atoms with E-state index in [4.69, 9.17) is 0 Å². The summed E-state index contributed by atoms with van der Waals surface area (Å²) in [6, 6.07) is 3.60. The number of rotatable bonds is 7. The minimum Gasteiger partial charge on any atom is -0.319 e. The standard InChI is InChI=1S/C12H20N2O2S2/c1-12(6-7-12)9-14-18(15,16)11-4-3-10(17-11)5-8-13-2/h3-4,13-14H,5-9H2,1-2H3. The van der Waals surface area contributed by atoms with Gasteiger partial charge in [-0.15, -0.1) is 11.3 Å². The molecule has 0 atom stereocenters. The molecule has 1 saturated carbocycles. The van der Waals surface area contributed by atoms with Crippen LogP contribution in [0.15, 0.2) is 16.3 Å². The van der Waals surface area contributed by atoms with Crippen molar-refractivity contribution in [3.05, 3.63) is 17.0 Å². The average molecular weight is 288 g/mol. The third-order valence-corrected chi connectivity index (χ3v) is 6.35. The van der Waals surface area contributed by atoms with Gasteiger partial charge < -0.3 is 5.32 Å². The van der Waals surface area contributed by atoms with Gasteiger partial charge >= 0.3 is 0 Å². The van der Waals surface area contributed by atoms with E-state index in [1.54, 1.807) is 6.07 Å². The van der Waals surface area contributed by atoms with E-state index in [1.807, 2.05) is 13.1 Å². The number of thiophene rings is 1. The second-order valence-corrected chi connectivity index (χ2v) is 8.37. The average Bonchev–Trinajstić information content (AvgIpc) is 2.89. The first-order valence-electron chi connectivity index (χ1n) is 6.18. The van der Waals surface area contributed by atoms with E-state index >= 15 is 0 Å². The first-order chi connectivity index (χ1) is 8.45. The van der Waals surface area contributed by atoms with E-state index in [0.717, 1.165) is 30.7 Å². The van der Waals surface area contributed by atoms with Gasteiger partial charge in [-0.1, -0.05) is 6.92 Å². The molecule has 2 N–H and O–H groups in total. The summed E-state index contributed by atoms with van der Waals surface area (Å²) >= 11 is 1.36. The molecule has 1 aromatic heterocycles. The molecule has 1 aromatic rings. The second-order valence-electron chi connectivity index (χ2n) is 5.21. The third-order valence-electron chi connectivity index (χ3n) is 3.32. The van der Waals surface area contributed by atoms with Crippen LogP contribution < -0.4 is 10.0 Å². The minimum absolute atomic E-state index is 0.194. The number of likely N-dealkylation sites (N-methyl/N-ethyl adjacent to an activating group) is 1. The summed E-state index contributed by atoms with van der Waals surface area (Å²) in [5.74, 6) is 0. The lowest BCUT2D eigenvalue weighted by Crippen LogP contribution is -2.28. The van der Waals surface area contributed by atoms with Crippen molar-refractivity contribution in [1.29, 1.82) is 0 Å². The number of sulfonamides is 1. The minimum atomic E-state index is -3.31. The molecule has 0 saturated heterocycles. The van der Waals surface area contributed by atoms with Crippen molar-refractivity contribution in [2.45, 2.75) is 30.4 Å². The van der Waals surface area contributed by atoms with Crippen LogP contribution in [0.4, 0.5) is 0 Å². The second kappa shape index (κ2) is 5.28. The molecule has 102 valence electrons. The van der Waals surface area contributed by atoms with E-state index in [2.05, 4.69) is 17.0 Å². The van der Waals surface area contributed by atoms with Crippen molar-refractivity contribution < 1.29 is 8.42 Å². The number of nitrogens with one attached hydrogen (secondary N) is 2. The van der Waals surface area contributed by atoms with Gasteiger partial charge in [0.25, 0.3) is 0 Å². The molecule has 18 heavy (non-hydrogen) atoms. The Balaban J connectivity index is 1.97. The van der Waals surface area contributed by atoms with E-state index < -0.39 is 10.0 Å². The van der Waals surface area contributed by atoms with Crippen LogP contribution >= 0.6 is 11.3 Å².